The van der Waals surface area contributed by atoms with Crippen molar-refractivity contribution in [3.05, 3.63) is 34.1 Å². The minimum Gasteiger partial charge on any atom is -0.375 e. The van der Waals surface area contributed by atoms with Crippen LogP contribution in [0.3, 0.4) is 0 Å². The lowest BCUT2D eigenvalue weighted by Crippen LogP contribution is -2.46. The van der Waals surface area contributed by atoms with Crippen LogP contribution >= 0.6 is 27.7 Å². The van der Waals surface area contributed by atoms with E-state index in [0.29, 0.717) is 6.42 Å². The highest BCUT2D eigenvalue weighted by Gasteiger charge is 2.25. The molecule has 0 amide bonds. The van der Waals surface area contributed by atoms with Gasteiger partial charge in [-0.3, -0.25) is 0 Å². The number of rotatable bonds is 5. The van der Waals surface area contributed by atoms with Crippen LogP contribution in [-0.4, -0.2) is 36.8 Å². The van der Waals surface area contributed by atoms with Crippen molar-refractivity contribution in [2.24, 2.45) is 0 Å². The number of benzene rings is 1. The summed E-state index contributed by atoms with van der Waals surface area (Å²) in [6.07, 6.45) is 0.833. The molecule has 0 aromatic heterocycles. The van der Waals surface area contributed by atoms with Crippen molar-refractivity contribution >= 4 is 27.7 Å². The van der Waals surface area contributed by atoms with E-state index in [0.717, 1.165) is 34.7 Å². The number of hydrogen-bond acceptors (Lipinski definition) is 3. The second kappa shape index (κ2) is 7.62. The minimum absolute atomic E-state index is 0.152. The smallest absolute Gasteiger partial charge is 0.127 e. The highest BCUT2D eigenvalue weighted by atomic mass is 79.9. The largest absolute Gasteiger partial charge is 0.375 e. The van der Waals surface area contributed by atoms with Crippen LogP contribution in [0.4, 0.5) is 4.39 Å². The number of hydrogen-bond donors (Lipinski definition) is 1. The molecule has 0 spiro atoms. The molecule has 2 nitrogen and oxygen atoms in total. The topological polar surface area (TPSA) is 21.3 Å². The fraction of sp³-hybridized carbons (Fsp3) is 0.571. The summed E-state index contributed by atoms with van der Waals surface area (Å²) in [5.41, 5.74) is 0.744. The van der Waals surface area contributed by atoms with Crippen molar-refractivity contribution in [1.82, 2.24) is 5.32 Å². The summed E-state index contributed by atoms with van der Waals surface area (Å²) in [7, 11) is 0. The minimum atomic E-state index is -0.152. The van der Waals surface area contributed by atoms with Crippen LogP contribution in [0, 0.1) is 5.82 Å². The van der Waals surface area contributed by atoms with Crippen molar-refractivity contribution in [2.45, 2.75) is 25.5 Å². The molecule has 1 aliphatic rings. The Morgan fingerprint density at radius 1 is 1.58 bits per heavy atom. The maximum Gasteiger partial charge on any atom is 0.127 e. The first kappa shape index (κ1) is 15.3. The molecule has 0 saturated carbocycles. The maximum absolute atomic E-state index is 13.9. The van der Waals surface area contributed by atoms with Crippen LogP contribution in [0.15, 0.2) is 22.7 Å². The number of halogens is 2. The first-order valence-corrected chi connectivity index (χ1v) is 8.52. The molecule has 1 heterocycles. The van der Waals surface area contributed by atoms with E-state index in [-0.39, 0.29) is 18.0 Å². The van der Waals surface area contributed by atoms with E-state index in [1.165, 1.54) is 6.07 Å². The Hall–Kier alpha value is -0.100. The van der Waals surface area contributed by atoms with Gasteiger partial charge in [-0.1, -0.05) is 28.9 Å². The summed E-state index contributed by atoms with van der Waals surface area (Å²) in [5.74, 6) is 1.89. The van der Waals surface area contributed by atoms with Gasteiger partial charge in [-0.05, 0) is 30.7 Å². The van der Waals surface area contributed by atoms with E-state index >= 15 is 0 Å². The maximum atomic E-state index is 13.9. The van der Waals surface area contributed by atoms with Crippen molar-refractivity contribution in [1.29, 1.82) is 0 Å². The van der Waals surface area contributed by atoms with E-state index in [1.54, 1.807) is 0 Å². The zero-order chi connectivity index (χ0) is 13.7. The van der Waals surface area contributed by atoms with Crippen molar-refractivity contribution in [3.63, 3.8) is 0 Å². The standard InChI is InChI=1S/C14H19BrFNOS/c1-2-17-13(14-9-19-6-5-18-14)7-10-3-4-11(15)8-12(10)16/h3-4,8,13-14,17H,2,5-7,9H2,1H3. The van der Waals surface area contributed by atoms with Gasteiger partial charge in [0, 0.05) is 22.0 Å². The van der Waals surface area contributed by atoms with Crippen LogP contribution in [-0.2, 0) is 11.2 Å². The zero-order valence-corrected chi connectivity index (χ0v) is 13.4. The monoisotopic (exact) mass is 347 g/mol. The average molecular weight is 348 g/mol. The number of likely N-dealkylation sites (N-methyl/N-ethyl adjacent to an activating group) is 1. The summed E-state index contributed by atoms with van der Waals surface area (Å²) in [6.45, 7) is 3.73. The SMILES string of the molecule is CCNC(Cc1ccc(Br)cc1F)C1CSCCO1. The molecule has 2 atom stereocenters. The summed E-state index contributed by atoms with van der Waals surface area (Å²) < 4.78 is 20.5. The molecule has 1 aromatic rings. The highest BCUT2D eigenvalue weighted by molar-refractivity contribution is 9.10. The Kier molecular flexibility index (Phi) is 6.13. The van der Waals surface area contributed by atoms with Gasteiger partial charge in [0.15, 0.2) is 0 Å². The van der Waals surface area contributed by atoms with Crippen LogP contribution < -0.4 is 5.32 Å². The third kappa shape index (κ3) is 4.45. The van der Waals surface area contributed by atoms with Crippen LogP contribution in [0.5, 0.6) is 0 Å². The van der Waals surface area contributed by atoms with Crippen LogP contribution in [0.2, 0.25) is 0 Å². The highest BCUT2D eigenvalue weighted by Crippen LogP contribution is 2.21. The molecular formula is C14H19BrFNOS. The lowest BCUT2D eigenvalue weighted by atomic mass is 10.0. The quantitative estimate of drug-likeness (QED) is 0.883. The number of ether oxygens (including phenoxy) is 1. The van der Waals surface area contributed by atoms with Crippen molar-refractivity contribution in [3.8, 4) is 0 Å². The molecule has 19 heavy (non-hydrogen) atoms. The molecule has 0 aliphatic carbocycles. The van der Waals surface area contributed by atoms with Crippen molar-refractivity contribution < 1.29 is 9.13 Å². The molecule has 1 N–H and O–H groups in total. The molecule has 1 fully saturated rings. The summed E-state index contributed by atoms with van der Waals surface area (Å²) in [4.78, 5) is 0. The Balaban J connectivity index is 2.06. The summed E-state index contributed by atoms with van der Waals surface area (Å²) in [6, 6.07) is 5.43. The molecule has 0 radical (unpaired) electrons. The van der Waals surface area contributed by atoms with E-state index < -0.39 is 0 Å². The average Bonchev–Trinajstić information content (AvgIpc) is 2.42. The van der Waals surface area contributed by atoms with Crippen molar-refractivity contribution in [2.75, 3.05) is 24.7 Å². The second-order valence-corrected chi connectivity index (χ2v) is 6.65. The van der Waals surface area contributed by atoms with Gasteiger partial charge < -0.3 is 10.1 Å². The number of thioether (sulfide) groups is 1. The Morgan fingerprint density at radius 2 is 2.42 bits per heavy atom. The number of nitrogens with one attached hydrogen (secondary N) is 1. The molecule has 106 valence electrons. The predicted molar refractivity (Wildman–Crippen MR) is 82.3 cm³/mol. The van der Waals surface area contributed by atoms with E-state index in [1.807, 2.05) is 23.9 Å². The van der Waals surface area contributed by atoms with Gasteiger partial charge in [0.05, 0.1) is 12.7 Å². The molecule has 1 saturated heterocycles. The van der Waals surface area contributed by atoms with Gasteiger partial charge in [0.2, 0.25) is 0 Å². The Labute approximate surface area is 126 Å². The first-order valence-electron chi connectivity index (χ1n) is 6.57. The van der Waals surface area contributed by atoms with Gasteiger partial charge in [0.25, 0.3) is 0 Å². The normalized spacial score (nSPS) is 21.3. The van der Waals surface area contributed by atoms with Gasteiger partial charge in [0.1, 0.15) is 5.82 Å². The first-order chi connectivity index (χ1) is 9.20. The van der Waals surface area contributed by atoms with E-state index in [9.17, 15) is 4.39 Å². The lowest BCUT2D eigenvalue weighted by molar-refractivity contribution is 0.0474. The molecule has 1 aromatic carbocycles. The van der Waals surface area contributed by atoms with E-state index in [4.69, 9.17) is 4.74 Å². The van der Waals surface area contributed by atoms with Gasteiger partial charge in [-0.2, -0.15) is 11.8 Å². The van der Waals surface area contributed by atoms with Gasteiger partial charge >= 0.3 is 0 Å². The second-order valence-electron chi connectivity index (χ2n) is 4.59. The third-order valence-electron chi connectivity index (χ3n) is 3.21. The fourth-order valence-corrected chi connectivity index (χ4v) is 3.53. The van der Waals surface area contributed by atoms with Crippen LogP contribution in [0.1, 0.15) is 12.5 Å². The predicted octanol–water partition coefficient (Wildman–Crippen LogP) is 3.24. The zero-order valence-electron chi connectivity index (χ0n) is 11.0. The lowest BCUT2D eigenvalue weighted by Gasteiger charge is -2.31. The fourth-order valence-electron chi connectivity index (χ4n) is 2.26. The molecule has 5 heteroatoms. The summed E-state index contributed by atoms with van der Waals surface area (Å²) in [5, 5.41) is 3.43. The van der Waals surface area contributed by atoms with E-state index in [2.05, 4.69) is 28.2 Å². The van der Waals surface area contributed by atoms with Crippen LogP contribution in [0.25, 0.3) is 0 Å². The molecule has 1 aliphatic heterocycles. The molecule has 0 bridgehead atoms. The summed E-state index contributed by atoms with van der Waals surface area (Å²) >= 11 is 5.19. The molecule has 2 rings (SSSR count). The molecule has 2 unspecified atom stereocenters. The van der Waals surface area contributed by atoms with Gasteiger partial charge in [-0.25, -0.2) is 4.39 Å². The Bertz CT molecular complexity index is 412. The Morgan fingerprint density at radius 3 is 3.05 bits per heavy atom. The van der Waals surface area contributed by atoms with Gasteiger partial charge in [-0.15, -0.1) is 0 Å². The third-order valence-corrected chi connectivity index (χ3v) is 4.72. The molecular weight excluding hydrogens is 329 g/mol.